The molecule has 0 bridgehead atoms. The van der Waals surface area contributed by atoms with E-state index in [9.17, 15) is 0 Å². The predicted octanol–water partition coefficient (Wildman–Crippen LogP) is 6.63. The molecule has 0 rings (SSSR count). The van der Waals surface area contributed by atoms with Gasteiger partial charge in [0.2, 0.25) is 0 Å². The second-order valence-corrected chi connectivity index (χ2v) is 2.94. The van der Waals surface area contributed by atoms with Gasteiger partial charge in [0.1, 0.15) is 0 Å². The average Bonchev–Trinajstić information content (AvgIpc) is 2.09. The maximum Gasteiger partial charge on any atom is -0.0473 e. The van der Waals surface area contributed by atoms with Crippen LogP contribution in [0.15, 0.2) is 25.3 Å². The Hall–Kier alpha value is -0.520. The standard InChI is InChI=1S/3C3H8.2C3H6/c5*1-3-2/h3*3H2,1-2H3;2*3H,1H2,2H3. The van der Waals surface area contributed by atoms with E-state index in [0.717, 1.165) is 0 Å². The van der Waals surface area contributed by atoms with Crippen LogP contribution < -0.4 is 0 Å². The molecule has 0 N–H and O–H groups in total. The number of allylic oxidation sites excluding steroid dienone is 2. The second-order valence-electron chi connectivity index (χ2n) is 2.94. The fourth-order valence-corrected chi connectivity index (χ4v) is 0. The molecule has 0 unspecified atom stereocenters. The third-order valence-electron chi connectivity index (χ3n) is 0. The van der Waals surface area contributed by atoms with Crippen LogP contribution in [-0.2, 0) is 0 Å². The minimum Gasteiger partial charge on any atom is -0.103 e. The van der Waals surface area contributed by atoms with Crippen molar-refractivity contribution in [1.82, 2.24) is 0 Å². The third-order valence-corrected chi connectivity index (χ3v) is 0. The molecule has 0 aliphatic heterocycles. The zero-order valence-corrected chi connectivity index (χ0v) is 12.7. The second kappa shape index (κ2) is 105. The fraction of sp³-hybridized carbons (Fsp3) is 0.733. The molecule has 0 aromatic heterocycles. The molecular formula is C15H36. The summed E-state index contributed by atoms with van der Waals surface area (Å²) in [5.41, 5.74) is 0. The summed E-state index contributed by atoms with van der Waals surface area (Å²) in [5, 5.41) is 0. The Labute approximate surface area is 100 Å². The van der Waals surface area contributed by atoms with Crippen LogP contribution in [-0.4, -0.2) is 0 Å². The van der Waals surface area contributed by atoms with Crippen molar-refractivity contribution in [3.05, 3.63) is 25.3 Å². The molecular weight excluding hydrogens is 180 g/mol. The van der Waals surface area contributed by atoms with Crippen molar-refractivity contribution in [3.63, 3.8) is 0 Å². The minimum absolute atomic E-state index is 1.25. The molecule has 96 valence electrons. The summed E-state index contributed by atoms with van der Waals surface area (Å²) in [6, 6.07) is 0. The molecule has 0 radical (unpaired) electrons. The Kier molecular flexibility index (Phi) is 204. The molecule has 0 aromatic rings. The number of hydrogen-bond acceptors (Lipinski definition) is 0. The SMILES string of the molecule is C=CC.C=CC.CCC.CCC.CCC. The topological polar surface area (TPSA) is 0 Å². The van der Waals surface area contributed by atoms with Crippen molar-refractivity contribution in [2.45, 2.75) is 74.7 Å². The van der Waals surface area contributed by atoms with Gasteiger partial charge in [-0.15, -0.1) is 13.2 Å². The zero-order valence-electron chi connectivity index (χ0n) is 12.7. The van der Waals surface area contributed by atoms with Crippen LogP contribution in [0.1, 0.15) is 74.7 Å². The highest BCUT2D eigenvalue weighted by molar-refractivity contribution is 4.51. The van der Waals surface area contributed by atoms with Gasteiger partial charge in [-0.3, -0.25) is 0 Å². The van der Waals surface area contributed by atoms with E-state index in [4.69, 9.17) is 0 Å². The quantitative estimate of drug-likeness (QED) is 0.398. The first-order valence-corrected chi connectivity index (χ1v) is 6.21. The number of rotatable bonds is 0. The van der Waals surface area contributed by atoms with Crippen molar-refractivity contribution >= 4 is 0 Å². The van der Waals surface area contributed by atoms with Gasteiger partial charge in [0.05, 0.1) is 0 Å². The zero-order chi connectivity index (χ0) is 13.5. The van der Waals surface area contributed by atoms with Crippen LogP contribution in [0.2, 0.25) is 0 Å². The van der Waals surface area contributed by atoms with Crippen LogP contribution in [0.25, 0.3) is 0 Å². The Morgan fingerprint density at radius 3 is 0.600 bits per heavy atom. The third kappa shape index (κ3) is 6570. The Balaban J connectivity index is -0.0000000278. The molecule has 0 heterocycles. The minimum atomic E-state index is 1.25. The Morgan fingerprint density at radius 2 is 0.600 bits per heavy atom. The lowest BCUT2D eigenvalue weighted by atomic mass is 10.6. The molecule has 0 saturated heterocycles. The lowest BCUT2D eigenvalue weighted by molar-refractivity contribution is 1.09. The monoisotopic (exact) mass is 216 g/mol. The molecule has 0 atom stereocenters. The molecule has 0 aliphatic rings. The highest BCUT2D eigenvalue weighted by Crippen LogP contribution is 1.56. The van der Waals surface area contributed by atoms with Gasteiger partial charge in [-0.2, -0.15) is 0 Å². The Morgan fingerprint density at radius 1 is 0.600 bits per heavy atom. The maximum absolute atomic E-state index is 3.36. The van der Waals surface area contributed by atoms with Crippen molar-refractivity contribution in [1.29, 1.82) is 0 Å². The van der Waals surface area contributed by atoms with Gasteiger partial charge < -0.3 is 0 Å². The van der Waals surface area contributed by atoms with Gasteiger partial charge in [0, 0.05) is 0 Å². The molecule has 0 spiro atoms. The van der Waals surface area contributed by atoms with Crippen LogP contribution in [0, 0.1) is 0 Å². The summed E-state index contributed by atoms with van der Waals surface area (Å²) in [4.78, 5) is 0. The van der Waals surface area contributed by atoms with E-state index in [0.29, 0.717) is 0 Å². The lowest BCUT2D eigenvalue weighted by Crippen LogP contribution is -1.27. The average molecular weight is 216 g/mol. The van der Waals surface area contributed by atoms with E-state index >= 15 is 0 Å². The summed E-state index contributed by atoms with van der Waals surface area (Å²) < 4.78 is 0. The molecule has 15 heavy (non-hydrogen) atoms. The van der Waals surface area contributed by atoms with Gasteiger partial charge >= 0.3 is 0 Å². The van der Waals surface area contributed by atoms with Crippen LogP contribution in [0.3, 0.4) is 0 Å². The first-order valence-electron chi connectivity index (χ1n) is 6.21. The predicted molar refractivity (Wildman–Crippen MR) is 79.6 cm³/mol. The normalized spacial score (nSPS) is 5.33. The van der Waals surface area contributed by atoms with Gasteiger partial charge in [0.25, 0.3) is 0 Å². The van der Waals surface area contributed by atoms with Crippen LogP contribution in [0.4, 0.5) is 0 Å². The van der Waals surface area contributed by atoms with Crippen molar-refractivity contribution in [3.8, 4) is 0 Å². The van der Waals surface area contributed by atoms with E-state index in [1.54, 1.807) is 12.2 Å². The first kappa shape index (κ1) is 29.3. The molecule has 0 amide bonds. The van der Waals surface area contributed by atoms with E-state index in [1.165, 1.54) is 19.3 Å². The smallest absolute Gasteiger partial charge is 0.0473 e. The lowest BCUT2D eigenvalue weighted by Gasteiger charge is -1.48. The molecule has 0 aromatic carbocycles. The summed E-state index contributed by atoms with van der Waals surface area (Å²) in [5.74, 6) is 0. The van der Waals surface area contributed by atoms with E-state index in [1.807, 2.05) is 13.8 Å². The van der Waals surface area contributed by atoms with Gasteiger partial charge in [0.15, 0.2) is 0 Å². The van der Waals surface area contributed by atoms with E-state index in [-0.39, 0.29) is 0 Å². The summed E-state index contributed by atoms with van der Waals surface area (Å²) >= 11 is 0. The highest BCUT2D eigenvalue weighted by Gasteiger charge is 1.36. The molecule has 0 heteroatoms. The summed E-state index contributed by atoms with van der Waals surface area (Å²) in [7, 11) is 0. The molecule has 0 aliphatic carbocycles. The summed E-state index contributed by atoms with van der Waals surface area (Å²) in [6.45, 7) is 23.2. The summed E-state index contributed by atoms with van der Waals surface area (Å²) in [6.07, 6.45) is 7.25. The van der Waals surface area contributed by atoms with Gasteiger partial charge in [-0.1, -0.05) is 73.0 Å². The number of hydrogen-bond donors (Lipinski definition) is 0. The van der Waals surface area contributed by atoms with Crippen molar-refractivity contribution in [2.75, 3.05) is 0 Å². The molecule has 0 fully saturated rings. The Bertz CT molecular complexity index is 42.3. The van der Waals surface area contributed by atoms with Gasteiger partial charge in [-0.25, -0.2) is 0 Å². The van der Waals surface area contributed by atoms with Crippen molar-refractivity contribution < 1.29 is 0 Å². The highest BCUT2D eigenvalue weighted by atomic mass is 13.4. The molecule has 0 nitrogen and oxygen atoms in total. The largest absolute Gasteiger partial charge is 0.103 e. The van der Waals surface area contributed by atoms with Crippen LogP contribution in [0.5, 0.6) is 0 Å². The van der Waals surface area contributed by atoms with Gasteiger partial charge in [-0.05, 0) is 13.8 Å². The molecule has 0 saturated carbocycles. The fourth-order valence-electron chi connectivity index (χ4n) is 0. The van der Waals surface area contributed by atoms with E-state index in [2.05, 4.69) is 54.7 Å². The first-order chi connectivity index (χ1) is 7.07. The van der Waals surface area contributed by atoms with Crippen molar-refractivity contribution in [2.24, 2.45) is 0 Å². The maximum atomic E-state index is 3.36. The van der Waals surface area contributed by atoms with E-state index < -0.39 is 0 Å². The van der Waals surface area contributed by atoms with Crippen LogP contribution >= 0.6 is 0 Å².